The SMILES string of the molecule is COC(=O)[C@@H]1CC2OC(=O)CC2[C@H]1C=O. The second-order valence-corrected chi connectivity index (χ2v) is 3.98. The number of ether oxygens (including phenoxy) is 2. The Bertz CT molecular complexity index is 311. The fraction of sp³-hybridized carbons (Fsp3) is 0.700. The fourth-order valence-electron chi connectivity index (χ4n) is 2.54. The van der Waals surface area contributed by atoms with Crippen LogP contribution in [0.4, 0.5) is 0 Å². The van der Waals surface area contributed by atoms with Gasteiger partial charge in [0, 0.05) is 11.8 Å². The van der Waals surface area contributed by atoms with Gasteiger partial charge in [-0.05, 0) is 6.42 Å². The van der Waals surface area contributed by atoms with Gasteiger partial charge in [0.25, 0.3) is 0 Å². The van der Waals surface area contributed by atoms with Crippen LogP contribution in [-0.4, -0.2) is 31.4 Å². The van der Waals surface area contributed by atoms with Gasteiger partial charge in [-0.2, -0.15) is 0 Å². The zero-order valence-corrected chi connectivity index (χ0v) is 8.34. The van der Waals surface area contributed by atoms with E-state index < -0.39 is 17.8 Å². The lowest BCUT2D eigenvalue weighted by Crippen LogP contribution is -2.25. The summed E-state index contributed by atoms with van der Waals surface area (Å²) < 4.78 is 9.66. The van der Waals surface area contributed by atoms with Crippen LogP contribution in [-0.2, 0) is 23.9 Å². The Labute approximate surface area is 86.7 Å². The monoisotopic (exact) mass is 212 g/mol. The molecule has 5 nitrogen and oxygen atoms in total. The smallest absolute Gasteiger partial charge is 0.309 e. The molecule has 2 fully saturated rings. The van der Waals surface area contributed by atoms with E-state index in [4.69, 9.17) is 4.74 Å². The minimum absolute atomic E-state index is 0.140. The molecule has 0 spiro atoms. The molecule has 5 heteroatoms. The van der Waals surface area contributed by atoms with E-state index in [0.29, 0.717) is 6.42 Å². The first-order valence-electron chi connectivity index (χ1n) is 4.90. The Balaban J connectivity index is 2.16. The molecule has 1 heterocycles. The summed E-state index contributed by atoms with van der Waals surface area (Å²) in [5.41, 5.74) is 0. The van der Waals surface area contributed by atoms with Crippen LogP contribution in [0.3, 0.4) is 0 Å². The summed E-state index contributed by atoms with van der Waals surface area (Å²) in [7, 11) is 1.30. The average Bonchev–Trinajstić information content (AvgIpc) is 2.71. The van der Waals surface area contributed by atoms with Crippen LogP contribution < -0.4 is 0 Å². The third-order valence-corrected chi connectivity index (χ3v) is 3.27. The molecule has 82 valence electrons. The number of carbonyl (C=O) groups is 3. The molecule has 1 aliphatic heterocycles. The zero-order valence-electron chi connectivity index (χ0n) is 8.34. The van der Waals surface area contributed by atoms with Gasteiger partial charge >= 0.3 is 11.9 Å². The molecule has 1 saturated carbocycles. The van der Waals surface area contributed by atoms with E-state index in [1.165, 1.54) is 7.11 Å². The molecule has 2 rings (SSSR count). The van der Waals surface area contributed by atoms with Crippen molar-refractivity contribution < 1.29 is 23.9 Å². The van der Waals surface area contributed by atoms with Crippen molar-refractivity contribution in [3.05, 3.63) is 0 Å². The van der Waals surface area contributed by atoms with Crippen molar-refractivity contribution in [1.82, 2.24) is 0 Å². The van der Waals surface area contributed by atoms with Gasteiger partial charge in [-0.1, -0.05) is 0 Å². The minimum Gasteiger partial charge on any atom is -0.469 e. The number of hydrogen-bond acceptors (Lipinski definition) is 5. The van der Waals surface area contributed by atoms with Crippen molar-refractivity contribution in [2.24, 2.45) is 17.8 Å². The van der Waals surface area contributed by atoms with E-state index in [-0.39, 0.29) is 24.4 Å². The Morgan fingerprint density at radius 2 is 2.33 bits per heavy atom. The van der Waals surface area contributed by atoms with Crippen LogP contribution in [0.5, 0.6) is 0 Å². The van der Waals surface area contributed by atoms with Crippen molar-refractivity contribution in [3.8, 4) is 0 Å². The lowest BCUT2D eigenvalue weighted by molar-refractivity contribution is -0.150. The van der Waals surface area contributed by atoms with Gasteiger partial charge in [0.1, 0.15) is 12.4 Å². The number of fused-ring (bicyclic) bond motifs is 1. The van der Waals surface area contributed by atoms with Crippen LogP contribution >= 0.6 is 0 Å². The number of carbonyl (C=O) groups excluding carboxylic acids is 3. The highest BCUT2D eigenvalue weighted by Crippen LogP contribution is 2.44. The summed E-state index contributed by atoms with van der Waals surface area (Å²) in [6.07, 6.45) is 1.11. The lowest BCUT2D eigenvalue weighted by Gasteiger charge is -2.13. The summed E-state index contributed by atoms with van der Waals surface area (Å²) in [4.78, 5) is 33.3. The van der Waals surface area contributed by atoms with Crippen LogP contribution in [0.25, 0.3) is 0 Å². The lowest BCUT2D eigenvalue weighted by atomic mass is 9.89. The van der Waals surface area contributed by atoms with Crippen molar-refractivity contribution in [2.45, 2.75) is 18.9 Å². The predicted octanol–water partition coefficient (Wildman–Crippen LogP) is -0.0739. The highest BCUT2D eigenvalue weighted by Gasteiger charge is 2.52. The van der Waals surface area contributed by atoms with Gasteiger partial charge in [-0.3, -0.25) is 9.59 Å². The first-order chi connectivity index (χ1) is 7.17. The van der Waals surface area contributed by atoms with Crippen molar-refractivity contribution >= 4 is 18.2 Å². The highest BCUT2D eigenvalue weighted by atomic mass is 16.6. The van der Waals surface area contributed by atoms with Crippen LogP contribution in [0.2, 0.25) is 0 Å². The van der Waals surface area contributed by atoms with Crippen LogP contribution in [0.15, 0.2) is 0 Å². The van der Waals surface area contributed by atoms with Crippen LogP contribution in [0.1, 0.15) is 12.8 Å². The van der Waals surface area contributed by atoms with Crippen LogP contribution in [0, 0.1) is 17.8 Å². The van der Waals surface area contributed by atoms with E-state index in [1.807, 2.05) is 0 Å². The molecule has 2 unspecified atom stereocenters. The fourth-order valence-corrected chi connectivity index (χ4v) is 2.54. The second-order valence-electron chi connectivity index (χ2n) is 3.98. The van der Waals surface area contributed by atoms with Crippen molar-refractivity contribution in [1.29, 1.82) is 0 Å². The summed E-state index contributed by atoms with van der Waals surface area (Å²) in [6.45, 7) is 0. The topological polar surface area (TPSA) is 69.7 Å². The molecule has 0 aromatic rings. The summed E-state index contributed by atoms with van der Waals surface area (Å²) in [5, 5.41) is 0. The standard InChI is InChI=1S/C10H12O5/c1-14-10(13)6-2-8-5(7(6)4-11)3-9(12)15-8/h4-8H,2-3H2,1H3/t5?,6-,7-,8?/m1/s1. The third-order valence-electron chi connectivity index (χ3n) is 3.27. The highest BCUT2D eigenvalue weighted by molar-refractivity contribution is 5.80. The molecule has 1 saturated heterocycles. The Morgan fingerprint density at radius 3 is 2.93 bits per heavy atom. The molecule has 0 aromatic carbocycles. The maximum absolute atomic E-state index is 11.4. The van der Waals surface area contributed by atoms with E-state index >= 15 is 0 Å². The molecule has 0 aromatic heterocycles. The second kappa shape index (κ2) is 3.64. The summed E-state index contributed by atoms with van der Waals surface area (Å²) in [5.74, 6) is -1.69. The summed E-state index contributed by atoms with van der Waals surface area (Å²) in [6, 6.07) is 0. The molecule has 1 aliphatic carbocycles. The first kappa shape index (κ1) is 10.1. The van der Waals surface area contributed by atoms with E-state index in [1.54, 1.807) is 0 Å². The number of rotatable bonds is 2. The maximum Gasteiger partial charge on any atom is 0.309 e. The predicted molar refractivity (Wildman–Crippen MR) is 47.7 cm³/mol. The molecule has 15 heavy (non-hydrogen) atoms. The van der Waals surface area contributed by atoms with Gasteiger partial charge in [0.2, 0.25) is 0 Å². The molecular weight excluding hydrogens is 200 g/mol. The molecule has 0 bridgehead atoms. The largest absolute Gasteiger partial charge is 0.469 e. The van der Waals surface area contributed by atoms with Crippen molar-refractivity contribution in [3.63, 3.8) is 0 Å². The normalized spacial score (nSPS) is 38.3. The zero-order chi connectivity index (χ0) is 11.0. The minimum atomic E-state index is -0.449. The van der Waals surface area contributed by atoms with Gasteiger partial charge < -0.3 is 14.3 Å². The Hall–Kier alpha value is -1.39. The molecule has 2 aliphatic rings. The quantitative estimate of drug-likeness (QED) is 0.473. The van der Waals surface area contributed by atoms with Gasteiger partial charge in [0.05, 0.1) is 19.4 Å². The number of methoxy groups -OCH3 is 1. The van der Waals surface area contributed by atoms with Gasteiger partial charge in [-0.15, -0.1) is 0 Å². The van der Waals surface area contributed by atoms with E-state index in [0.717, 1.165) is 6.29 Å². The number of esters is 2. The average molecular weight is 212 g/mol. The number of hydrogen-bond donors (Lipinski definition) is 0. The maximum atomic E-state index is 11.4. The van der Waals surface area contributed by atoms with E-state index in [2.05, 4.69) is 4.74 Å². The van der Waals surface area contributed by atoms with Crippen molar-refractivity contribution in [2.75, 3.05) is 7.11 Å². The molecule has 0 amide bonds. The Morgan fingerprint density at radius 1 is 1.60 bits per heavy atom. The molecule has 4 atom stereocenters. The summed E-state index contributed by atoms with van der Waals surface area (Å²) >= 11 is 0. The third kappa shape index (κ3) is 1.52. The van der Waals surface area contributed by atoms with E-state index in [9.17, 15) is 14.4 Å². The molecular formula is C10H12O5. The first-order valence-corrected chi connectivity index (χ1v) is 4.90. The Kier molecular flexibility index (Phi) is 2.46. The van der Waals surface area contributed by atoms with Gasteiger partial charge in [-0.25, -0.2) is 0 Å². The number of aldehydes is 1. The molecule has 0 N–H and O–H groups in total. The van der Waals surface area contributed by atoms with Gasteiger partial charge in [0.15, 0.2) is 0 Å². The molecule has 0 radical (unpaired) electrons.